The van der Waals surface area contributed by atoms with E-state index in [4.69, 9.17) is 5.21 Å². The van der Waals surface area contributed by atoms with E-state index in [0.29, 0.717) is 24.3 Å². The largest absolute Gasteiger partial charge is 0.352 e. The Morgan fingerprint density at radius 3 is 2.52 bits per heavy atom. The molecule has 0 saturated carbocycles. The Hall–Kier alpha value is -2.09. The summed E-state index contributed by atoms with van der Waals surface area (Å²) in [6, 6.07) is 11.8. The molecule has 0 unspecified atom stereocenters. The summed E-state index contributed by atoms with van der Waals surface area (Å²) in [5, 5.41) is 13.4. The summed E-state index contributed by atoms with van der Waals surface area (Å²) < 4.78 is 0. The van der Waals surface area contributed by atoms with Crippen LogP contribution in [0.2, 0.25) is 0 Å². The fourth-order valence-electron chi connectivity index (χ4n) is 2.51. The number of benzene rings is 1. The van der Waals surface area contributed by atoms with E-state index in [1.807, 2.05) is 47.9 Å². The van der Waals surface area contributed by atoms with Gasteiger partial charge in [-0.05, 0) is 41.5 Å². The number of rotatable bonds is 10. The van der Waals surface area contributed by atoms with Crippen molar-refractivity contribution in [1.82, 2.24) is 10.8 Å². The predicted octanol–water partition coefficient (Wildman–Crippen LogP) is 3.90. The third kappa shape index (κ3) is 7.21. The van der Waals surface area contributed by atoms with Gasteiger partial charge in [0.15, 0.2) is 0 Å². The van der Waals surface area contributed by atoms with Crippen LogP contribution in [0.5, 0.6) is 0 Å². The zero-order chi connectivity index (χ0) is 19.5. The van der Waals surface area contributed by atoms with Gasteiger partial charge in [-0.15, -0.1) is 11.3 Å². The molecule has 0 aliphatic heterocycles. The average molecular weight is 405 g/mol. The number of carbonyl (C=O) groups is 2. The first-order valence-electron chi connectivity index (χ1n) is 8.80. The summed E-state index contributed by atoms with van der Waals surface area (Å²) in [5.74, 6) is 0.192. The lowest BCUT2D eigenvalue weighted by atomic mass is 10.1. The molecule has 27 heavy (non-hydrogen) atoms. The lowest BCUT2D eigenvalue weighted by Gasteiger charge is -2.08. The summed E-state index contributed by atoms with van der Waals surface area (Å²) in [5.41, 5.74) is 4.36. The zero-order valence-electron chi connectivity index (χ0n) is 15.0. The van der Waals surface area contributed by atoms with Crippen LogP contribution in [-0.4, -0.2) is 23.6 Å². The molecule has 2 aromatic rings. The number of hydroxylamine groups is 1. The Bertz CT molecular complexity index is 756. The van der Waals surface area contributed by atoms with Gasteiger partial charge >= 0.3 is 0 Å². The molecule has 5 nitrogen and oxygen atoms in total. The van der Waals surface area contributed by atoms with Gasteiger partial charge in [0, 0.05) is 23.6 Å². The van der Waals surface area contributed by atoms with Gasteiger partial charge in [-0.2, -0.15) is 12.6 Å². The molecule has 7 heteroatoms. The molecule has 3 N–H and O–H groups in total. The van der Waals surface area contributed by atoms with E-state index in [9.17, 15) is 9.59 Å². The van der Waals surface area contributed by atoms with Crippen LogP contribution in [0.25, 0.3) is 11.6 Å². The molecule has 2 rings (SSSR count). The number of hydrogen-bond acceptors (Lipinski definition) is 5. The molecule has 0 bridgehead atoms. The van der Waals surface area contributed by atoms with Crippen molar-refractivity contribution < 1.29 is 14.8 Å². The number of thiol groups is 1. The second kappa shape index (κ2) is 11.6. The van der Waals surface area contributed by atoms with E-state index in [1.165, 1.54) is 11.3 Å². The van der Waals surface area contributed by atoms with Crippen LogP contribution in [0.4, 0.5) is 0 Å². The molecule has 1 heterocycles. The van der Waals surface area contributed by atoms with Gasteiger partial charge in [-0.3, -0.25) is 14.8 Å². The average Bonchev–Trinajstić information content (AvgIpc) is 3.23. The third-order valence-electron chi connectivity index (χ3n) is 4.00. The quantitative estimate of drug-likeness (QED) is 0.159. The number of thiophene rings is 1. The second-order valence-electron chi connectivity index (χ2n) is 6.04. The van der Waals surface area contributed by atoms with Crippen molar-refractivity contribution in [2.24, 2.45) is 0 Å². The fraction of sp³-hybridized carbons (Fsp3) is 0.300. The Morgan fingerprint density at radius 2 is 1.89 bits per heavy atom. The second-order valence-corrected chi connectivity index (χ2v) is 7.30. The number of amides is 2. The molecule has 144 valence electrons. The SMILES string of the molecule is O=C(CCCCCNC(=O)/C(=C\c1ccc(CS)cc1)c1cccs1)NO. The van der Waals surface area contributed by atoms with Crippen molar-refractivity contribution in [3.63, 3.8) is 0 Å². The molecular formula is C20H24N2O3S2. The van der Waals surface area contributed by atoms with Crippen LogP contribution in [-0.2, 0) is 15.3 Å². The molecule has 0 aliphatic rings. The van der Waals surface area contributed by atoms with Gasteiger partial charge in [0.1, 0.15) is 0 Å². The first-order chi connectivity index (χ1) is 13.1. The van der Waals surface area contributed by atoms with Gasteiger partial charge in [-0.1, -0.05) is 36.8 Å². The van der Waals surface area contributed by atoms with Crippen LogP contribution >= 0.6 is 24.0 Å². The standard InChI is InChI=1S/C20H24N2O3S2/c23-19(22-25)6-2-1-3-11-21-20(24)17(18-5-4-12-27-18)13-15-7-9-16(14-26)10-8-15/h4-5,7-10,12-13,25-26H,1-3,6,11,14H2,(H,21,24)(H,22,23)/b17-13-. The molecule has 0 aliphatic carbocycles. The maximum Gasteiger partial charge on any atom is 0.252 e. The Labute approximate surface area is 168 Å². The van der Waals surface area contributed by atoms with Crippen LogP contribution < -0.4 is 10.8 Å². The molecule has 0 saturated heterocycles. The normalized spacial score (nSPS) is 11.3. The minimum Gasteiger partial charge on any atom is -0.352 e. The van der Waals surface area contributed by atoms with Crippen molar-refractivity contribution in [1.29, 1.82) is 0 Å². The fourth-order valence-corrected chi connectivity index (χ4v) is 3.46. The van der Waals surface area contributed by atoms with Gasteiger partial charge in [0.2, 0.25) is 5.91 Å². The lowest BCUT2D eigenvalue weighted by Crippen LogP contribution is -2.25. The van der Waals surface area contributed by atoms with E-state index in [1.54, 1.807) is 5.48 Å². The van der Waals surface area contributed by atoms with Crippen molar-refractivity contribution in [3.8, 4) is 0 Å². The maximum atomic E-state index is 12.7. The highest BCUT2D eigenvalue weighted by atomic mass is 32.1. The minimum atomic E-state index is -0.383. The first kappa shape index (κ1) is 21.2. The summed E-state index contributed by atoms with van der Waals surface area (Å²) in [7, 11) is 0. The summed E-state index contributed by atoms with van der Waals surface area (Å²) in [6.07, 6.45) is 4.44. The number of unbranched alkanes of at least 4 members (excludes halogenated alkanes) is 2. The van der Waals surface area contributed by atoms with Gasteiger partial charge in [-0.25, -0.2) is 5.48 Å². The van der Waals surface area contributed by atoms with Crippen molar-refractivity contribution in [3.05, 3.63) is 57.8 Å². The molecular weight excluding hydrogens is 380 g/mol. The molecule has 0 spiro atoms. The zero-order valence-corrected chi connectivity index (χ0v) is 16.7. The highest BCUT2D eigenvalue weighted by Crippen LogP contribution is 2.23. The molecule has 0 radical (unpaired) electrons. The Morgan fingerprint density at radius 1 is 1.11 bits per heavy atom. The minimum absolute atomic E-state index is 0.108. The summed E-state index contributed by atoms with van der Waals surface area (Å²) in [4.78, 5) is 24.5. The highest BCUT2D eigenvalue weighted by molar-refractivity contribution is 7.79. The molecule has 2 amide bonds. The van der Waals surface area contributed by atoms with E-state index >= 15 is 0 Å². The van der Waals surface area contributed by atoms with Crippen molar-refractivity contribution in [2.45, 2.75) is 31.4 Å². The Kier molecular flexibility index (Phi) is 9.10. The first-order valence-corrected chi connectivity index (χ1v) is 10.3. The molecule has 0 atom stereocenters. The molecule has 1 aromatic heterocycles. The van der Waals surface area contributed by atoms with Gasteiger partial charge in [0.05, 0.1) is 5.57 Å². The van der Waals surface area contributed by atoms with E-state index < -0.39 is 0 Å². The van der Waals surface area contributed by atoms with Crippen LogP contribution in [0, 0.1) is 0 Å². The number of hydrogen-bond donors (Lipinski definition) is 4. The number of carbonyl (C=O) groups excluding carboxylic acids is 2. The number of nitrogens with one attached hydrogen (secondary N) is 2. The summed E-state index contributed by atoms with van der Waals surface area (Å²) in [6.45, 7) is 0.543. The maximum absolute atomic E-state index is 12.7. The predicted molar refractivity (Wildman–Crippen MR) is 113 cm³/mol. The van der Waals surface area contributed by atoms with E-state index in [-0.39, 0.29) is 18.2 Å². The van der Waals surface area contributed by atoms with Gasteiger partial charge in [0.25, 0.3) is 5.91 Å². The highest BCUT2D eigenvalue weighted by Gasteiger charge is 2.13. The van der Waals surface area contributed by atoms with Gasteiger partial charge < -0.3 is 5.32 Å². The van der Waals surface area contributed by atoms with E-state index in [2.05, 4.69) is 17.9 Å². The van der Waals surface area contributed by atoms with Crippen molar-refractivity contribution in [2.75, 3.05) is 6.54 Å². The smallest absolute Gasteiger partial charge is 0.252 e. The van der Waals surface area contributed by atoms with Crippen LogP contribution in [0.3, 0.4) is 0 Å². The lowest BCUT2D eigenvalue weighted by molar-refractivity contribution is -0.129. The van der Waals surface area contributed by atoms with Crippen molar-refractivity contribution >= 4 is 47.4 Å². The third-order valence-corrected chi connectivity index (χ3v) is 5.26. The van der Waals surface area contributed by atoms with Crippen LogP contribution in [0.1, 0.15) is 41.7 Å². The molecule has 0 fully saturated rings. The Balaban J connectivity index is 1.94. The topological polar surface area (TPSA) is 78.4 Å². The monoisotopic (exact) mass is 404 g/mol. The summed E-state index contributed by atoms with van der Waals surface area (Å²) >= 11 is 5.79. The van der Waals surface area contributed by atoms with E-state index in [0.717, 1.165) is 28.8 Å². The molecule has 1 aromatic carbocycles. The van der Waals surface area contributed by atoms with Crippen LogP contribution in [0.15, 0.2) is 41.8 Å².